The van der Waals surface area contributed by atoms with E-state index in [-0.39, 0.29) is 6.79 Å². The molecular weight excluding hydrogens is 242 g/mol. The summed E-state index contributed by atoms with van der Waals surface area (Å²) in [4.78, 5) is 0. The lowest BCUT2D eigenvalue weighted by molar-refractivity contribution is 0.173. The zero-order chi connectivity index (χ0) is 13.1. The molecule has 0 bridgehead atoms. The van der Waals surface area contributed by atoms with E-state index in [1.165, 1.54) is 0 Å². The Balaban J connectivity index is 1.70. The van der Waals surface area contributed by atoms with Crippen LogP contribution in [0.2, 0.25) is 0 Å². The maximum atomic E-state index is 8.83. The van der Waals surface area contributed by atoms with E-state index in [9.17, 15) is 0 Å². The van der Waals surface area contributed by atoms with Crippen molar-refractivity contribution in [3.8, 4) is 23.3 Å². The molecule has 4 nitrogen and oxygen atoms in total. The van der Waals surface area contributed by atoms with E-state index in [1.807, 2.05) is 30.3 Å². The third-order valence-electron chi connectivity index (χ3n) is 2.81. The normalized spacial score (nSPS) is 11.9. The molecule has 1 heterocycles. The molecule has 94 valence electrons. The zero-order valence-electron chi connectivity index (χ0n) is 10.1. The van der Waals surface area contributed by atoms with Gasteiger partial charge in [0.25, 0.3) is 0 Å². The molecular formula is C15H11NO3. The van der Waals surface area contributed by atoms with Gasteiger partial charge in [-0.15, -0.1) is 0 Å². The molecule has 2 aromatic rings. The molecule has 0 aromatic heterocycles. The van der Waals surface area contributed by atoms with Gasteiger partial charge in [0.15, 0.2) is 11.5 Å². The maximum absolute atomic E-state index is 8.83. The van der Waals surface area contributed by atoms with Crippen LogP contribution in [0.5, 0.6) is 17.2 Å². The first-order chi connectivity index (χ1) is 9.35. The van der Waals surface area contributed by atoms with Gasteiger partial charge in [0, 0.05) is 6.07 Å². The second-order valence-corrected chi connectivity index (χ2v) is 4.12. The molecule has 0 fully saturated rings. The van der Waals surface area contributed by atoms with Crippen LogP contribution in [-0.2, 0) is 6.61 Å². The van der Waals surface area contributed by atoms with Crippen LogP contribution in [0.1, 0.15) is 11.1 Å². The number of hydrogen-bond donors (Lipinski definition) is 0. The number of fused-ring (bicyclic) bond motifs is 1. The van der Waals surface area contributed by atoms with E-state index in [4.69, 9.17) is 19.5 Å². The van der Waals surface area contributed by atoms with E-state index in [1.54, 1.807) is 12.1 Å². The largest absolute Gasteiger partial charge is 0.489 e. The van der Waals surface area contributed by atoms with E-state index < -0.39 is 0 Å². The molecule has 2 aromatic carbocycles. The first-order valence-corrected chi connectivity index (χ1v) is 5.86. The molecule has 1 aliphatic rings. The van der Waals surface area contributed by atoms with Crippen LogP contribution in [0.3, 0.4) is 0 Å². The fraction of sp³-hybridized carbons (Fsp3) is 0.133. The molecule has 0 N–H and O–H groups in total. The van der Waals surface area contributed by atoms with Gasteiger partial charge in [-0.2, -0.15) is 5.26 Å². The second-order valence-electron chi connectivity index (χ2n) is 4.12. The third kappa shape index (κ3) is 2.45. The average molecular weight is 253 g/mol. The minimum atomic E-state index is 0.253. The topological polar surface area (TPSA) is 51.5 Å². The lowest BCUT2D eigenvalue weighted by Gasteiger charge is -2.07. The number of nitriles is 1. The maximum Gasteiger partial charge on any atom is 0.231 e. The van der Waals surface area contributed by atoms with Crippen molar-refractivity contribution in [2.75, 3.05) is 6.79 Å². The van der Waals surface area contributed by atoms with Crippen molar-refractivity contribution in [3.63, 3.8) is 0 Å². The van der Waals surface area contributed by atoms with Crippen molar-refractivity contribution >= 4 is 0 Å². The SMILES string of the molecule is N#Cc1cccc(COc2ccc3c(c2)OCO3)c1. The molecule has 0 unspecified atom stereocenters. The minimum Gasteiger partial charge on any atom is -0.489 e. The van der Waals surface area contributed by atoms with Gasteiger partial charge < -0.3 is 14.2 Å². The van der Waals surface area contributed by atoms with Gasteiger partial charge in [0.05, 0.1) is 11.6 Å². The summed E-state index contributed by atoms with van der Waals surface area (Å²) in [6.07, 6.45) is 0. The van der Waals surface area contributed by atoms with Crippen molar-refractivity contribution < 1.29 is 14.2 Å². The van der Waals surface area contributed by atoms with Gasteiger partial charge in [0.1, 0.15) is 12.4 Å². The lowest BCUT2D eigenvalue weighted by atomic mass is 10.1. The van der Waals surface area contributed by atoms with Gasteiger partial charge >= 0.3 is 0 Å². The number of nitrogens with zero attached hydrogens (tertiary/aromatic N) is 1. The van der Waals surface area contributed by atoms with Gasteiger partial charge in [-0.25, -0.2) is 0 Å². The van der Waals surface area contributed by atoms with Crippen molar-refractivity contribution in [2.24, 2.45) is 0 Å². The summed E-state index contributed by atoms with van der Waals surface area (Å²) in [6.45, 7) is 0.665. The molecule has 3 rings (SSSR count). The van der Waals surface area contributed by atoms with Crippen LogP contribution in [0.4, 0.5) is 0 Å². The first-order valence-electron chi connectivity index (χ1n) is 5.86. The molecule has 0 saturated heterocycles. The fourth-order valence-electron chi connectivity index (χ4n) is 1.86. The second kappa shape index (κ2) is 4.91. The van der Waals surface area contributed by atoms with Crippen LogP contribution in [-0.4, -0.2) is 6.79 Å². The Bertz CT molecular complexity index is 646. The summed E-state index contributed by atoms with van der Waals surface area (Å²) in [6, 6.07) is 14.9. The Kier molecular flexibility index (Phi) is 2.95. The number of rotatable bonds is 3. The summed E-state index contributed by atoms with van der Waals surface area (Å²) >= 11 is 0. The van der Waals surface area contributed by atoms with E-state index in [0.717, 1.165) is 11.3 Å². The standard InChI is InChI=1S/C15H11NO3/c16-8-11-2-1-3-12(6-11)9-17-13-4-5-14-15(7-13)19-10-18-14/h1-7H,9-10H2. The van der Waals surface area contributed by atoms with Crippen molar-refractivity contribution in [1.82, 2.24) is 0 Å². The molecule has 0 saturated carbocycles. The van der Waals surface area contributed by atoms with E-state index in [0.29, 0.717) is 23.7 Å². The molecule has 19 heavy (non-hydrogen) atoms. The molecule has 0 aliphatic carbocycles. The van der Waals surface area contributed by atoms with Crippen LogP contribution in [0.15, 0.2) is 42.5 Å². The summed E-state index contributed by atoms with van der Waals surface area (Å²) in [5.41, 5.74) is 1.59. The Morgan fingerprint density at radius 3 is 2.89 bits per heavy atom. The average Bonchev–Trinajstić information content (AvgIpc) is 2.93. The van der Waals surface area contributed by atoms with Crippen molar-refractivity contribution in [2.45, 2.75) is 6.61 Å². The van der Waals surface area contributed by atoms with Gasteiger partial charge in [-0.1, -0.05) is 12.1 Å². The summed E-state index contributed by atoms with van der Waals surface area (Å²) in [5, 5.41) is 8.83. The summed E-state index contributed by atoms with van der Waals surface area (Å²) < 4.78 is 16.2. The fourth-order valence-corrected chi connectivity index (χ4v) is 1.86. The predicted octanol–water partition coefficient (Wildman–Crippen LogP) is 2.87. The smallest absolute Gasteiger partial charge is 0.231 e. The number of benzene rings is 2. The van der Waals surface area contributed by atoms with E-state index >= 15 is 0 Å². The molecule has 1 aliphatic heterocycles. The van der Waals surface area contributed by atoms with Crippen LogP contribution >= 0.6 is 0 Å². The van der Waals surface area contributed by atoms with Gasteiger partial charge in [-0.3, -0.25) is 0 Å². The quantitative estimate of drug-likeness (QED) is 0.844. The monoisotopic (exact) mass is 253 g/mol. The highest BCUT2D eigenvalue weighted by Crippen LogP contribution is 2.35. The first kappa shape index (κ1) is 11.4. The zero-order valence-corrected chi connectivity index (χ0v) is 10.1. The van der Waals surface area contributed by atoms with Crippen LogP contribution < -0.4 is 14.2 Å². The molecule has 0 radical (unpaired) electrons. The Morgan fingerprint density at radius 1 is 1.11 bits per heavy atom. The lowest BCUT2D eigenvalue weighted by Crippen LogP contribution is -1.95. The number of ether oxygens (including phenoxy) is 3. The minimum absolute atomic E-state index is 0.253. The Labute approximate surface area is 110 Å². The van der Waals surface area contributed by atoms with E-state index in [2.05, 4.69) is 6.07 Å². The van der Waals surface area contributed by atoms with Crippen molar-refractivity contribution in [1.29, 1.82) is 5.26 Å². The van der Waals surface area contributed by atoms with Crippen LogP contribution in [0, 0.1) is 11.3 Å². The van der Waals surface area contributed by atoms with Crippen molar-refractivity contribution in [3.05, 3.63) is 53.6 Å². The highest BCUT2D eigenvalue weighted by atomic mass is 16.7. The number of hydrogen-bond acceptors (Lipinski definition) is 4. The summed E-state index contributed by atoms with van der Waals surface area (Å²) in [5.74, 6) is 2.15. The highest BCUT2D eigenvalue weighted by Gasteiger charge is 2.13. The molecule has 0 spiro atoms. The Hall–Kier alpha value is -2.67. The van der Waals surface area contributed by atoms with Gasteiger partial charge in [-0.05, 0) is 29.8 Å². The predicted molar refractivity (Wildman–Crippen MR) is 68.1 cm³/mol. The van der Waals surface area contributed by atoms with Gasteiger partial charge in [0.2, 0.25) is 6.79 Å². The third-order valence-corrected chi connectivity index (χ3v) is 2.81. The van der Waals surface area contributed by atoms with Crippen LogP contribution in [0.25, 0.3) is 0 Å². The Morgan fingerprint density at radius 2 is 2.00 bits per heavy atom. The summed E-state index contributed by atoms with van der Waals surface area (Å²) in [7, 11) is 0. The highest BCUT2D eigenvalue weighted by molar-refractivity contribution is 5.47. The molecule has 4 heteroatoms. The molecule has 0 amide bonds. The molecule has 0 atom stereocenters.